The van der Waals surface area contributed by atoms with Crippen molar-refractivity contribution in [1.29, 1.82) is 0 Å². The van der Waals surface area contributed by atoms with Gasteiger partial charge in [0.25, 0.3) is 0 Å². The lowest BCUT2D eigenvalue weighted by molar-refractivity contribution is -0.158. The third kappa shape index (κ3) is 4.78. The van der Waals surface area contributed by atoms with Gasteiger partial charge in [0.05, 0.1) is 19.8 Å². The summed E-state index contributed by atoms with van der Waals surface area (Å²) in [6, 6.07) is 19.8. The Morgan fingerprint density at radius 3 is 2.17 bits per heavy atom. The maximum Gasteiger partial charge on any atom is 0.330 e. The van der Waals surface area contributed by atoms with Gasteiger partial charge in [-0.3, -0.25) is 0 Å². The summed E-state index contributed by atoms with van der Waals surface area (Å²) in [6.07, 6.45) is 2.41. The molecule has 24 heavy (non-hydrogen) atoms. The van der Waals surface area contributed by atoms with E-state index in [2.05, 4.69) is 0 Å². The average molecular weight is 324 g/mol. The van der Waals surface area contributed by atoms with Gasteiger partial charge in [0.15, 0.2) is 6.10 Å². The SMILES string of the molecule is O=C1C=C[C@H](OCc2ccccc2)[C@@H](COCc2ccccc2)O1. The van der Waals surface area contributed by atoms with Gasteiger partial charge in [-0.1, -0.05) is 60.7 Å². The van der Waals surface area contributed by atoms with Crippen molar-refractivity contribution in [1.82, 2.24) is 0 Å². The molecule has 1 aliphatic heterocycles. The molecule has 0 unspecified atom stereocenters. The molecule has 0 aliphatic carbocycles. The van der Waals surface area contributed by atoms with Crippen LogP contribution in [0.3, 0.4) is 0 Å². The summed E-state index contributed by atoms with van der Waals surface area (Å²) in [5.74, 6) is -0.358. The molecule has 0 saturated carbocycles. The van der Waals surface area contributed by atoms with E-state index in [1.807, 2.05) is 60.7 Å². The maximum absolute atomic E-state index is 11.5. The van der Waals surface area contributed by atoms with Crippen molar-refractivity contribution in [2.75, 3.05) is 6.61 Å². The molecule has 0 fully saturated rings. The summed E-state index contributed by atoms with van der Waals surface area (Å²) >= 11 is 0. The zero-order chi connectivity index (χ0) is 16.6. The minimum Gasteiger partial charge on any atom is -0.454 e. The fraction of sp³-hybridized carbons (Fsp3) is 0.250. The van der Waals surface area contributed by atoms with Gasteiger partial charge in [0.1, 0.15) is 6.10 Å². The Bertz CT molecular complexity index is 667. The van der Waals surface area contributed by atoms with Crippen LogP contribution in [0.5, 0.6) is 0 Å². The van der Waals surface area contributed by atoms with Crippen LogP contribution in [-0.4, -0.2) is 24.8 Å². The van der Waals surface area contributed by atoms with E-state index in [-0.39, 0.29) is 12.1 Å². The molecule has 0 N–H and O–H groups in total. The Kier molecular flexibility index (Phi) is 5.77. The summed E-state index contributed by atoms with van der Waals surface area (Å²) in [5, 5.41) is 0. The molecule has 0 amide bonds. The monoisotopic (exact) mass is 324 g/mol. The van der Waals surface area contributed by atoms with Crippen molar-refractivity contribution >= 4 is 5.97 Å². The molecular weight excluding hydrogens is 304 g/mol. The van der Waals surface area contributed by atoms with Crippen molar-refractivity contribution in [3.8, 4) is 0 Å². The molecule has 2 aromatic rings. The van der Waals surface area contributed by atoms with Crippen LogP contribution in [0.15, 0.2) is 72.8 Å². The van der Waals surface area contributed by atoms with E-state index in [9.17, 15) is 4.79 Å². The van der Waals surface area contributed by atoms with Gasteiger partial charge in [-0.15, -0.1) is 0 Å². The number of hydrogen-bond donors (Lipinski definition) is 0. The minimum atomic E-state index is -0.435. The van der Waals surface area contributed by atoms with Gasteiger partial charge in [0.2, 0.25) is 0 Å². The smallest absolute Gasteiger partial charge is 0.330 e. The Hall–Kier alpha value is -2.43. The molecule has 2 aromatic carbocycles. The van der Waals surface area contributed by atoms with Crippen LogP contribution in [0.4, 0.5) is 0 Å². The molecule has 0 spiro atoms. The highest BCUT2D eigenvalue weighted by Gasteiger charge is 2.27. The highest BCUT2D eigenvalue weighted by atomic mass is 16.6. The topological polar surface area (TPSA) is 44.8 Å². The van der Waals surface area contributed by atoms with Crippen molar-refractivity contribution in [2.24, 2.45) is 0 Å². The summed E-state index contributed by atoms with van der Waals surface area (Å²) in [4.78, 5) is 11.5. The lowest BCUT2D eigenvalue weighted by Gasteiger charge is -2.27. The van der Waals surface area contributed by atoms with Crippen molar-refractivity contribution in [3.05, 3.63) is 83.9 Å². The first kappa shape index (κ1) is 16.4. The third-order valence-corrected chi connectivity index (χ3v) is 3.73. The van der Waals surface area contributed by atoms with Crippen molar-refractivity contribution in [3.63, 3.8) is 0 Å². The van der Waals surface area contributed by atoms with Crippen molar-refractivity contribution in [2.45, 2.75) is 25.4 Å². The molecule has 1 aliphatic rings. The number of carbonyl (C=O) groups is 1. The molecule has 0 aromatic heterocycles. The van der Waals surface area contributed by atoms with Gasteiger partial charge in [0, 0.05) is 6.08 Å². The number of cyclic esters (lactones) is 1. The summed E-state index contributed by atoms with van der Waals surface area (Å²) < 4.78 is 16.9. The first-order valence-electron chi connectivity index (χ1n) is 7.97. The largest absolute Gasteiger partial charge is 0.454 e. The van der Waals surface area contributed by atoms with Crippen LogP contribution >= 0.6 is 0 Å². The number of benzene rings is 2. The third-order valence-electron chi connectivity index (χ3n) is 3.73. The lowest BCUT2D eigenvalue weighted by atomic mass is 10.1. The quantitative estimate of drug-likeness (QED) is 0.733. The predicted octanol–water partition coefficient (Wildman–Crippen LogP) is 3.27. The molecule has 4 nitrogen and oxygen atoms in total. The second kappa shape index (κ2) is 8.43. The number of ether oxygens (including phenoxy) is 3. The van der Waals surface area contributed by atoms with E-state index >= 15 is 0 Å². The summed E-state index contributed by atoms with van der Waals surface area (Å²) in [5.41, 5.74) is 2.16. The highest BCUT2D eigenvalue weighted by Crippen LogP contribution is 2.16. The van der Waals surface area contributed by atoms with Gasteiger partial charge in [-0.05, 0) is 17.2 Å². The minimum absolute atomic E-state index is 0.296. The predicted molar refractivity (Wildman–Crippen MR) is 90.1 cm³/mol. The Morgan fingerprint density at radius 2 is 1.50 bits per heavy atom. The molecule has 124 valence electrons. The number of rotatable bonds is 7. The van der Waals surface area contributed by atoms with Gasteiger partial charge < -0.3 is 14.2 Å². The van der Waals surface area contributed by atoms with E-state index in [0.29, 0.717) is 19.8 Å². The van der Waals surface area contributed by atoms with Crippen LogP contribution < -0.4 is 0 Å². The number of hydrogen-bond acceptors (Lipinski definition) is 4. The molecule has 4 heteroatoms. The Morgan fingerprint density at radius 1 is 0.875 bits per heavy atom. The lowest BCUT2D eigenvalue weighted by Crippen LogP contribution is -2.38. The van der Waals surface area contributed by atoms with Crippen LogP contribution in [-0.2, 0) is 32.2 Å². The molecular formula is C20H20O4. The highest BCUT2D eigenvalue weighted by molar-refractivity contribution is 5.83. The van der Waals surface area contributed by atoms with Crippen molar-refractivity contribution < 1.29 is 19.0 Å². The molecule has 3 rings (SSSR count). The normalized spacial score (nSPS) is 19.9. The van der Waals surface area contributed by atoms with Crippen LogP contribution in [0.2, 0.25) is 0 Å². The molecule has 1 heterocycles. The zero-order valence-corrected chi connectivity index (χ0v) is 13.3. The fourth-order valence-corrected chi connectivity index (χ4v) is 2.48. The molecule has 0 saturated heterocycles. The average Bonchev–Trinajstić information content (AvgIpc) is 2.63. The zero-order valence-electron chi connectivity index (χ0n) is 13.3. The van der Waals surface area contributed by atoms with E-state index in [0.717, 1.165) is 11.1 Å². The Balaban J connectivity index is 1.53. The molecule has 2 atom stereocenters. The van der Waals surface area contributed by atoms with Crippen LogP contribution in [0.25, 0.3) is 0 Å². The maximum atomic E-state index is 11.5. The van der Waals surface area contributed by atoms with Gasteiger partial charge in [-0.2, -0.15) is 0 Å². The first-order valence-corrected chi connectivity index (χ1v) is 7.97. The van der Waals surface area contributed by atoms with E-state index in [4.69, 9.17) is 14.2 Å². The summed E-state index contributed by atoms with van der Waals surface area (Å²) in [7, 11) is 0. The fourth-order valence-electron chi connectivity index (χ4n) is 2.48. The van der Waals surface area contributed by atoms with E-state index in [1.54, 1.807) is 6.08 Å². The van der Waals surface area contributed by atoms with Gasteiger partial charge in [-0.25, -0.2) is 4.79 Å². The Labute approximate surface area is 141 Å². The standard InChI is InChI=1S/C20H20O4/c21-20-12-11-18(23-14-17-9-5-2-6-10-17)19(24-20)15-22-13-16-7-3-1-4-8-16/h1-12,18-19H,13-15H2/t18-,19+/m0/s1. The van der Waals surface area contributed by atoms with Crippen LogP contribution in [0.1, 0.15) is 11.1 Å². The number of carbonyl (C=O) groups excluding carboxylic acids is 1. The molecule has 0 radical (unpaired) electrons. The van der Waals surface area contributed by atoms with E-state index < -0.39 is 6.10 Å². The van der Waals surface area contributed by atoms with E-state index in [1.165, 1.54) is 6.08 Å². The summed E-state index contributed by atoms with van der Waals surface area (Å²) in [6.45, 7) is 1.23. The first-order chi connectivity index (χ1) is 11.8. The second-order valence-electron chi connectivity index (χ2n) is 5.60. The number of esters is 1. The second-order valence-corrected chi connectivity index (χ2v) is 5.60. The van der Waals surface area contributed by atoms with Crippen LogP contribution in [0, 0.1) is 0 Å². The van der Waals surface area contributed by atoms with Gasteiger partial charge >= 0.3 is 5.97 Å². The molecule has 0 bridgehead atoms.